The highest BCUT2D eigenvalue weighted by molar-refractivity contribution is 7.89. The SMILES string of the molecule is C=CCC(C)NS(=O)(=O)c1ccc2nc(Cl)ccc2c1. The van der Waals surface area contributed by atoms with Crippen LogP contribution in [0.5, 0.6) is 0 Å². The molecule has 0 spiro atoms. The molecule has 1 heterocycles. The second kappa shape index (κ2) is 5.91. The molecule has 0 saturated heterocycles. The largest absolute Gasteiger partial charge is 0.240 e. The van der Waals surface area contributed by atoms with E-state index in [-0.39, 0.29) is 10.9 Å². The lowest BCUT2D eigenvalue weighted by atomic mass is 10.2. The fraction of sp³-hybridized carbons (Fsp3) is 0.214. The number of nitrogens with zero attached hydrogens (tertiary/aromatic N) is 1. The van der Waals surface area contributed by atoms with Crippen LogP contribution in [0.4, 0.5) is 0 Å². The van der Waals surface area contributed by atoms with Gasteiger partial charge in [-0.2, -0.15) is 0 Å². The van der Waals surface area contributed by atoms with Gasteiger partial charge < -0.3 is 0 Å². The summed E-state index contributed by atoms with van der Waals surface area (Å²) in [6.07, 6.45) is 2.25. The molecule has 1 atom stereocenters. The van der Waals surface area contributed by atoms with E-state index < -0.39 is 10.0 Å². The van der Waals surface area contributed by atoms with E-state index in [4.69, 9.17) is 11.6 Å². The van der Waals surface area contributed by atoms with Crippen LogP contribution < -0.4 is 4.72 Å². The van der Waals surface area contributed by atoms with Crippen LogP contribution in [0.2, 0.25) is 5.15 Å². The molecule has 2 aromatic rings. The molecule has 0 fully saturated rings. The number of nitrogens with one attached hydrogen (secondary N) is 1. The maximum atomic E-state index is 12.2. The molecule has 0 aliphatic carbocycles. The lowest BCUT2D eigenvalue weighted by molar-refractivity contribution is 0.562. The molecule has 0 aliphatic rings. The molecule has 0 saturated carbocycles. The molecule has 1 aromatic heterocycles. The number of pyridine rings is 1. The van der Waals surface area contributed by atoms with Gasteiger partial charge in [0.1, 0.15) is 5.15 Å². The van der Waals surface area contributed by atoms with Gasteiger partial charge in [0.05, 0.1) is 10.4 Å². The van der Waals surface area contributed by atoms with Gasteiger partial charge in [-0.1, -0.05) is 17.7 Å². The van der Waals surface area contributed by atoms with Gasteiger partial charge in [0.15, 0.2) is 0 Å². The Morgan fingerprint density at radius 3 is 2.85 bits per heavy atom. The summed E-state index contributed by atoms with van der Waals surface area (Å²) in [6, 6.07) is 7.94. The smallest absolute Gasteiger partial charge is 0.236 e. The van der Waals surface area contributed by atoms with Crippen molar-refractivity contribution in [3.63, 3.8) is 0 Å². The fourth-order valence-corrected chi connectivity index (χ4v) is 3.32. The zero-order chi connectivity index (χ0) is 14.8. The second-order valence-corrected chi connectivity index (χ2v) is 6.64. The normalized spacial score (nSPS) is 13.3. The lowest BCUT2D eigenvalue weighted by Crippen LogP contribution is -2.32. The number of sulfonamides is 1. The molecule has 1 aromatic carbocycles. The predicted octanol–water partition coefficient (Wildman–Crippen LogP) is 3.13. The Bertz CT molecular complexity index is 744. The van der Waals surface area contributed by atoms with Crippen LogP contribution in [-0.2, 0) is 10.0 Å². The van der Waals surface area contributed by atoms with Crippen molar-refractivity contribution in [2.24, 2.45) is 0 Å². The highest BCUT2D eigenvalue weighted by Gasteiger charge is 2.17. The topological polar surface area (TPSA) is 59.1 Å². The molecule has 4 nitrogen and oxygen atoms in total. The van der Waals surface area contributed by atoms with Crippen molar-refractivity contribution in [2.45, 2.75) is 24.3 Å². The third-order valence-corrected chi connectivity index (χ3v) is 4.61. The van der Waals surface area contributed by atoms with Gasteiger partial charge in [-0.05, 0) is 43.7 Å². The number of hydrogen-bond donors (Lipinski definition) is 1. The van der Waals surface area contributed by atoms with Crippen molar-refractivity contribution in [3.8, 4) is 0 Å². The quantitative estimate of drug-likeness (QED) is 0.682. The van der Waals surface area contributed by atoms with Crippen molar-refractivity contribution in [3.05, 3.63) is 48.1 Å². The third-order valence-electron chi connectivity index (χ3n) is 2.81. The Morgan fingerprint density at radius 2 is 2.15 bits per heavy atom. The Morgan fingerprint density at radius 1 is 1.40 bits per heavy atom. The monoisotopic (exact) mass is 310 g/mol. The van der Waals surface area contributed by atoms with Crippen LogP contribution in [0.25, 0.3) is 10.9 Å². The molecular weight excluding hydrogens is 296 g/mol. The average Bonchev–Trinajstić information content (AvgIpc) is 2.37. The second-order valence-electron chi connectivity index (χ2n) is 4.54. The number of hydrogen-bond acceptors (Lipinski definition) is 3. The summed E-state index contributed by atoms with van der Waals surface area (Å²) in [5, 5.41) is 1.11. The summed E-state index contributed by atoms with van der Waals surface area (Å²) in [7, 11) is -3.54. The van der Waals surface area contributed by atoms with Gasteiger partial charge in [-0.15, -0.1) is 6.58 Å². The van der Waals surface area contributed by atoms with Crippen molar-refractivity contribution in [2.75, 3.05) is 0 Å². The molecule has 0 aliphatic heterocycles. The molecule has 1 unspecified atom stereocenters. The molecule has 0 bridgehead atoms. The summed E-state index contributed by atoms with van der Waals surface area (Å²) >= 11 is 5.80. The highest BCUT2D eigenvalue weighted by atomic mass is 35.5. The number of fused-ring (bicyclic) bond motifs is 1. The van der Waals surface area contributed by atoms with Gasteiger partial charge in [0, 0.05) is 11.4 Å². The van der Waals surface area contributed by atoms with Crippen LogP contribution in [0, 0.1) is 0 Å². The Kier molecular flexibility index (Phi) is 4.42. The van der Waals surface area contributed by atoms with E-state index in [0.717, 1.165) is 5.39 Å². The van der Waals surface area contributed by atoms with Gasteiger partial charge in [-0.3, -0.25) is 0 Å². The third kappa shape index (κ3) is 3.36. The highest BCUT2D eigenvalue weighted by Crippen LogP contribution is 2.20. The van der Waals surface area contributed by atoms with E-state index in [1.165, 1.54) is 6.07 Å². The number of benzene rings is 1. The van der Waals surface area contributed by atoms with Gasteiger partial charge in [0.25, 0.3) is 0 Å². The number of rotatable bonds is 5. The van der Waals surface area contributed by atoms with Crippen LogP contribution in [-0.4, -0.2) is 19.4 Å². The Balaban J connectivity index is 2.37. The summed E-state index contributed by atoms with van der Waals surface area (Å²) in [5.74, 6) is 0. The molecule has 0 amide bonds. The number of aromatic nitrogens is 1. The molecule has 2 rings (SSSR count). The average molecular weight is 311 g/mol. The Hall–Kier alpha value is -1.43. The Labute approximate surface area is 123 Å². The lowest BCUT2D eigenvalue weighted by Gasteiger charge is -2.12. The van der Waals surface area contributed by atoms with Crippen molar-refractivity contribution < 1.29 is 8.42 Å². The van der Waals surface area contributed by atoms with Crippen LogP contribution >= 0.6 is 11.6 Å². The predicted molar refractivity (Wildman–Crippen MR) is 81.4 cm³/mol. The summed E-state index contributed by atoms with van der Waals surface area (Å²) < 4.78 is 27.1. The molecule has 1 N–H and O–H groups in total. The first-order valence-electron chi connectivity index (χ1n) is 6.12. The first-order chi connectivity index (χ1) is 9.42. The van der Waals surface area contributed by atoms with Gasteiger partial charge in [0.2, 0.25) is 10.0 Å². The first kappa shape index (κ1) is 15.0. The van der Waals surface area contributed by atoms with Crippen LogP contribution in [0.1, 0.15) is 13.3 Å². The van der Waals surface area contributed by atoms with Crippen molar-refractivity contribution in [1.29, 1.82) is 0 Å². The van der Waals surface area contributed by atoms with Crippen LogP contribution in [0.15, 0.2) is 47.9 Å². The van der Waals surface area contributed by atoms with E-state index in [0.29, 0.717) is 17.1 Å². The van der Waals surface area contributed by atoms with Gasteiger partial charge >= 0.3 is 0 Å². The maximum absolute atomic E-state index is 12.2. The first-order valence-corrected chi connectivity index (χ1v) is 7.98. The molecule has 6 heteroatoms. The zero-order valence-corrected chi connectivity index (χ0v) is 12.6. The number of halogens is 1. The fourth-order valence-electron chi connectivity index (χ4n) is 1.88. The maximum Gasteiger partial charge on any atom is 0.240 e. The minimum absolute atomic E-state index is 0.198. The molecular formula is C14H15ClN2O2S. The van der Waals surface area contributed by atoms with Gasteiger partial charge in [-0.25, -0.2) is 18.1 Å². The van der Waals surface area contributed by atoms with E-state index in [1.54, 1.807) is 37.3 Å². The van der Waals surface area contributed by atoms with Crippen molar-refractivity contribution in [1.82, 2.24) is 9.71 Å². The summed E-state index contributed by atoms with van der Waals surface area (Å²) in [5.41, 5.74) is 0.663. The zero-order valence-electron chi connectivity index (χ0n) is 11.0. The van der Waals surface area contributed by atoms with Crippen LogP contribution in [0.3, 0.4) is 0 Å². The van der Waals surface area contributed by atoms with E-state index >= 15 is 0 Å². The van der Waals surface area contributed by atoms with Crippen molar-refractivity contribution >= 4 is 32.5 Å². The van der Waals surface area contributed by atoms with E-state index in [1.807, 2.05) is 0 Å². The summed E-state index contributed by atoms with van der Waals surface area (Å²) in [4.78, 5) is 4.34. The minimum Gasteiger partial charge on any atom is -0.236 e. The van der Waals surface area contributed by atoms with E-state index in [2.05, 4.69) is 16.3 Å². The van der Waals surface area contributed by atoms with E-state index in [9.17, 15) is 8.42 Å². The molecule has 20 heavy (non-hydrogen) atoms. The standard InChI is InChI=1S/C14H15ClN2O2S/c1-3-4-10(2)17-20(18,19)12-6-7-13-11(9-12)5-8-14(15)16-13/h3,5-10,17H,1,4H2,2H3. The minimum atomic E-state index is -3.54. The molecule has 0 radical (unpaired) electrons. The summed E-state index contributed by atoms with van der Waals surface area (Å²) in [6.45, 7) is 5.39. The molecule has 106 valence electrons.